The zero-order chi connectivity index (χ0) is 11.6. The van der Waals surface area contributed by atoms with Crippen molar-refractivity contribution in [3.8, 4) is 0 Å². The van der Waals surface area contributed by atoms with Crippen molar-refractivity contribution >= 4 is 11.6 Å². The van der Waals surface area contributed by atoms with Gasteiger partial charge in [-0.05, 0) is 24.3 Å². The van der Waals surface area contributed by atoms with Gasteiger partial charge in [-0.25, -0.2) is 9.29 Å². The van der Waals surface area contributed by atoms with Crippen LogP contribution in [0.3, 0.4) is 0 Å². The van der Waals surface area contributed by atoms with Gasteiger partial charge in [-0.3, -0.25) is 4.79 Å². The Bertz CT molecular complexity index is 357. The number of rotatable bonds is 1. The molecule has 0 bridgehead atoms. The standard InChI is InChI=1S/C9H7F4NO/c1-6(15)14(9(11,12)13)8-4-2-7(10)3-5-8/h2-5H,1H3. The van der Waals surface area contributed by atoms with Gasteiger partial charge in [0, 0.05) is 6.92 Å². The highest BCUT2D eigenvalue weighted by molar-refractivity contribution is 5.91. The van der Waals surface area contributed by atoms with Crippen LogP contribution in [0.5, 0.6) is 0 Å². The number of amides is 1. The summed E-state index contributed by atoms with van der Waals surface area (Å²) >= 11 is 0. The molecular weight excluding hydrogens is 214 g/mol. The Balaban J connectivity index is 3.11. The Kier molecular flexibility index (Phi) is 2.97. The van der Waals surface area contributed by atoms with E-state index in [1.54, 1.807) is 0 Å². The second kappa shape index (κ2) is 3.88. The van der Waals surface area contributed by atoms with E-state index in [1.807, 2.05) is 0 Å². The first-order chi connectivity index (χ1) is 6.82. The Morgan fingerprint density at radius 1 is 1.20 bits per heavy atom. The molecule has 0 atom stereocenters. The molecule has 0 aliphatic heterocycles. The van der Waals surface area contributed by atoms with Gasteiger partial charge in [0.15, 0.2) is 0 Å². The minimum Gasteiger partial charge on any atom is -0.275 e. The molecule has 1 amide bonds. The first kappa shape index (κ1) is 11.5. The number of nitrogens with zero attached hydrogens (tertiary/aromatic N) is 1. The third-order valence-corrected chi connectivity index (χ3v) is 1.65. The Hall–Kier alpha value is -1.59. The fraction of sp³-hybridized carbons (Fsp3) is 0.222. The third-order valence-electron chi connectivity index (χ3n) is 1.65. The molecule has 2 nitrogen and oxygen atoms in total. The number of halogens is 4. The highest BCUT2D eigenvalue weighted by Gasteiger charge is 2.40. The molecule has 0 fully saturated rings. The summed E-state index contributed by atoms with van der Waals surface area (Å²) in [4.78, 5) is 10.4. The van der Waals surface area contributed by atoms with Crippen LogP contribution in [0.1, 0.15) is 6.92 Å². The van der Waals surface area contributed by atoms with E-state index in [2.05, 4.69) is 0 Å². The lowest BCUT2D eigenvalue weighted by Crippen LogP contribution is -2.41. The zero-order valence-corrected chi connectivity index (χ0v) is 7.68. The van der Waals surface area contributed by atoms with E-state index >= 15 is 0 Å². The Morgan fingerprint density at radius 2 is 1.67 bits per heavy atom. The molecule has 82 valence electrons. The normalized spacial score (nSPS) is 11.3. The first-order valence-electron chi connectivity index (χ1n) is 3.95. The van der Waals surface area contributed by atoms with Crippen LogP contribution in [0, 0.1) is 5.82 Å². The largest absolute Gasteiger partial charge is 0.491 e. The molecule has 0 aliphatic rings. The van der Waals surface area contributed by atoms with Crippen LogP contribution in [-0.2, 0) is 4.79 Å². The number of anilines is 1. The summed E-state index contributed by atoms with van der Waals surface area (Å²) in [5.41, 5.74) is -0.406. The molecule has 0 saturated carbocycles. The van der Waals surface area contributed by atoms with Gasteiger partial charge in [-0.2, -0.15) is 0 Å². The molecule has 0 heterocycles. The smallest absolute Gasteiger partial charge is 0.275 e. The van der Waals surface area contributed by atoms with Gasteiger partial charge < -0.3 is 0 Å². The minimum atomic E-state index is -4.80. The summed E-state index contributed by atoms with van der Waals surface area (Å²) in [5, 5.41) is 0. The topological polar surface area (TPSA) is 20.3 Å². The van der Waals surface area contributed by atoms with Crippen molar-refractivity contribution in [3.63, 3.8) is 0 Å². The van der Waals surface area contributed by atoms with Crippen molar-refractivity contribution in [2.45, 2.75) is 13.2 Å². The molecule has 1 rings (SSSR count). The average Bonchev–Trinajstić information content (AvgIpc) is 2.05. The minimum absolute atomic E-state index is 0.355. The molecule has 0 radical (unpaired) electrons. The summed E-state index contributed by atoms with van der Waals surface area (Å²) in [5.74, 6) is -1.83. The molecule has 1 aromatic rings. The highest BCUT2D eigenvalue weighted by Crippen LogP contribution is 2.28. The summed E-state index contributed by atoms with van der Waals surface area (Å²) in [7, 11) is 0. The van der Waals surface area contributed by atoms with E-state index in [-0.39, 0.29) is 4.90 Å². The lowest BCUT2D eigenvalue weighted by molar-refractivity contribution is -0.148. The van der Waals surface area contributed by atoms with E-state index in [0.29, 0.717) is 0 Å². The second-order valence-electron chi connectivity index (χ2n) is 2.80. The van der Waals surface area contributed by atoms with Crippen LogP contribution in [0.4, 0.5) is 23.2 Å². The van der Waals surface area contributed by atoms with Gasteiger partial charge in [-0.15, -0.1) is 13.2 Å². The van der Waals surface area contributed by atoms with Gasteiger partial charge in [0.05, 0.1) is 5.69 Å². The maximum absolute atomic E-state index is 12.5. The van der Waals surface area contributed by atoms with Gasteiger partial charge in [-0.1, -0.05) is 0 Å². The molecular formula is C9H7F4NO. The monoisotopic (exact) mass is 221 g/mol. The average molecular weight is 221 g/mol. The van der Waals surface area contributed by atoms with Crippen LogP contribution in [0.15, 0.2) is 24.3 Å². The summed E-state index contributed by atoms with van der Waals surface area (Å²) in [6.45, 7) is 0.789. The molecule has 0 aromatic heterocycles. The van der Waals surface area contributed by atoms with Crippen molar-refractivity contribution in [1.82, 2.24) is 0 Å². The number of hydrogen-bond donors (Lipinski definition) is 0. The van der Waals surface area contributed by atoms with Crippen LogP contribution >= 0.6 is 0 Å². The van der Waals surface area contributed by atoms with Crippen molar-refractivity contribution in [3.05, 3.63) is 30.1 Å². The van der Waals surface area contributed by atoms with Gasteiger partial charge in [0.1, 0.15) is 5.82 Å². The number of alkyl halides is 3. The maximum atomic E-state index is 12.5. The number of benzene rings is 1. The zero-order valence-electron chi connectivity index (χ0n) is 7.68. The van der Waals surface area contributed by atoms with E-state index in [1.165, 1.54) is 0 Å². The van der Waals surface area contributed by atoms with E-state index in [9.17, 15) is 22.4 Å². The predicted molar refractivity (Wildman–Crippen MR) is 45.6 cm³/mol. The lowest BCUT2D eigenvalue weighted by atomic mass is 10.3. The van der Waals surface area contributed by atoms with E-state index in [0.717, 1.165) is 31.2 Å². The fourth-order valence-corrected chi connectivity index (χ4v) is 1.10. The van der Waals surface area contributed by atoms with Crippen LogP contribution in [0.25, 0.3) is 0 Å². The number of hydrogen-bond acceptors (Lipinski definition) is 1. The Morgan fingerprint density at radius 3 is 2.00 bits per heavy atom. The van der Waals surface area contributed by atoms with Crippen LogP contribution < -0.4 is 4.90 Å². The maximum Gasteiger partial charge on any atom is 0.491 e. The molecule has 0 aliphatic carbocycles. The van der Waals surface area contributed by atoms with Crippen LogP contribution in [-0.4, -0.2) is 12.2 Å². The van der Waals surface area contributed by atoms with Gasteiger partial charge >= 0.3 is 6.30 Å². The Labute approximate surface area is 83.1 Å². The number of carbonyl (C=O) groups is 1. The summed E-state index contributed by atoms with van der Waals surface area (Å²) in [6, 6.07) is 3.50. The van der Waals surface area contributed by atoms with Crippen molar-refractivity contribution in [1.29, 1.82) is 0 Å². The predicted octanol–water partition coefficient (Wildman–Crippen LogP) is 2.70. The SMILES string of the molecule is CC(=O)N(c1ccc(F)cc1)C(F)(F)F. The van der Waals surface area contributed by atoms with E-state index < -0.39 is 23.7 Å². The van der Waals surface area contributed by atoms with E-state index in [4.69, 9.17) is 0 Å². The highest BCUT2D eigenvalue weighted by atomic mass is 19.4. The van der Waals surface area contributed by atoms with Crippen molar-refractivity contribution in [2.75, 3.05) is 4.90 Å². The fourth-order valence-electron chi connectivity index (χ4n) is 1.10. The molecule has 0 unspecified atom stereocenters. The molecule has 0 N–H and O–H groups in total. The van der Waals surface area contributed by atoms with Crippen LogP contribution in [0.2, 0.25) is 0 Å². The van der Waals surface area contributed by atoms with Crippen molar-refractivity contribution in [2.24, 2.45) is 0 Å². The molecule has 0 spiro atoms. The summed E-state index contributed by atoms with van der Waals surface area (Å²) < 4.78 is 49.6. The van der Waals surface area contributed by atoms with Gasteiger partial charge in [0.25, 0.3) is 0 Å². The lowest BCUT2D eigenvalue weighted by Gasteiger charge is -2.23. The molecule has 1 aromatic carbocycles. The number of carbonyl (C=O) groups excluding carboxylic acids is 1. The quantitative estimate of drug-likeness (QED) is 0.527. The summed E-state index contributed by atoms with van der Waals surface area (Å²) in [6.07, 6.45) is -4.80. The second-order valence-corrected chi connectivity index (χ2v) is 2.80. The van der Waals surface area contributed by atoms with Crippen molar-refractivity contribution < 1.29 is 22.4 Å². The third kappa shape index (κ3) is 2.68. The molecule has 6 heteroatoms. The first-order valence-corrected chi connectivity index (χ1v) is 3.95. The molecule has 15 heavy (non-hydrogen) atoms. The van der Waals surface area contributed by atoms with Gasteiger partial charge in [0.2, 0.25) is 5.91 Å². The molecule has 0 saturated heterocycles.